The minimum atomic E-state index is -0.406. The zero-order chi connectivity index (χ0) is 12.1. The molecule has 0 aliphatic rings. The van der Waals surface area contributed by atoms with Crippen molar-refractivity contribution in [3.05, 3.63) is 0 Å². The number of rotatable bonds is 6. The average molecular weight is 214 g/mol. The second kappa shape index (κ2) is 6.11. The smallest absolute Gasteiger partial charge is 0.227 e. The monoisotopic (exact) mass is 214 g/mol. The first kappa shape index (κ1) is 14.4. The summed E-state index contributed by atoms with van der Waals surface area (Å²) in [6.07, 6.45) is 0.783. The Kier molecular flexibility index (Phi) is 5.88. The van der Waals surface area contributed by atoms with Gasteiger partial charge in [0, 0.05) is 13.1 Å². The Morgan fingerprint density at radius 2 is 1.93 bits per heavy atom. The first-order valence-electron chi connectivity index (χ1n) is 5.85. The Morgan fingerprint density at radius 3 is 2.27 bits per heavy atom. The summed E-state index contributed by atoms with van der Waals surface area (Å²) in [5.41, 5.74) is 5.22. The van der Waals surface area contributed by atoms with Crippen molar-refractivity contribution in [2.75, 3.05) is 13.1 Å². The normalized spacial score (nSPS) is 17.3. The third-order valence-electron chi connectivity index (χ3n) is 3.50. The van der Waals surface area contributed by atoms with Crippen molar-refractivity contribution in [1.29, 1.82) is 0 Å². The summed E-state index contributed by atoms with van der Waals surface area (Å²) in [6.45, 7) is 11.5. The molecule has 3 nitrogen and oxygen atoms in total. The zero-order valence-corrected chi connectivity index (χ0v) is 10.8. The van der Waals surface area contributed by atoms with Gasteiger partial charge in [-0.3, -0.25) is 4.79 Å². The summed E-state index contributed by atoms with van der Waals surface area (Å²) in [4.78, 5) is 11.9. The zero-order valence-electron chi connectivity index (χ0n) is 10.8. The van der Waals surface area contributed by atoms with Crippen LogP contribution in [0.25, 0.3) is 0 Å². The van der Waals surface area contributed by atoms with Gasteiger partial charge in [0.05, 0.1) is 5.41 Å². The second-order valence-electron chi connectivity index (χ2n) is 5.05. The molecule has 2 unspecified atom stereocenters. The molecular formula is C12H26N2O. The van der Waals surface area contributed by atoms with Crippen molar-refractivity contribution < 1.29 is 4.79 Å². The lowest BCUT2D eigenvalue weighted by Crippen LogP contribution is -2.45. The minimum absolute atomic E-state index is 0.0833. The standard InChI is InChI=1S/C12H26N2O/c1-6-12(5,8-13)11(15)14-7-10(4)9(2)3/h9-10H,6-8,13H2,1-5H3,(H,14,15). The van der Waals surface area contributed by atoms with Gasteiger partial charge in [-0.15, -0.1) is 0 Å². The number of hydrogen-bond acceptors (Lipinski definition) is 2. The molecule has 0 saturated heterocycles. The van der Waals surface area contributed by atoms with Gasteiger partial charge >= 0.3 is 0 Å². The van der Waals surface area contributed by atoms with E-state index in [-0.39, 0.29) is 5.91 Å². The van der Waals surface area contributed by atoms with Crippen molar-refractivity contribution in [2.45, 2.75) is 41.0 Å². The van der Waals surface area contributed by atoms with Gasteiger partial charge in [-0.25, -0.2) is 0 Å². The van der Waals surface area contributed by atoms with E-state index in [0.717, 1.165) is 13.0 Å². The highest BCUT2D eigenvalue weighted by Gasteiger charge is 2.29. The SMILES string of the molecule is CCC(C)(CN)C(=O)NCC(C)C(C)C. The quantitative estimate of drug-likeness (QED) is 0.708. The fourth-order valence-corrected chi connectivity index (χ4v) is 1.10. The van der Waals surface area contributed by atoms with Gasteiger partial charge in [0.2, 0.25) is 5.91 Å². The fraction of sp³-hybridized carbons (Fsp3) is 0.917. The molecule has 0 bridgehead atoms. The van der Waals surface area contributed by atoms with Gasteiger partial charge in [0.1, 0.15) is 0 Å². The molecule has 0 saturated carbocycles. The molecular weight excluding hydrogens is 188 g/mol. The van der Waals surface area contributed by atoms with Gasteiger partial charge in [-0.05, 0) is 25.2 Å². The van der Waals surface area contributed by atoms with Crippen LogP contribution in [0.2, 0.25) is 0 Å². The maximum atomic E-state index is 11.9. The molecule has 0 aromatic rings. The molecule has 3 heteroatoms. The summed E-state index contributed by atoms with van der Waals surface area (Å²) in [5.74, 6) is 1.18. The molecule has 0 radical (unpaired) electrons. The lowest BCUT2D eigenvalue weighted by atomic mass is 9.86. The summed E-state index contributed by atoms with van der Waals surface area (Å²) in [5, 5.41) is 2.99. The molecule has 3 N–H and O–H groups in total. The van der Waals surface area contributed by atoms with Crippen molar-refractivity contribution in [3.63, 3.8) is 0 Å². The molecule has 1 amide bonds. The molecule has 0 heterocycles. The molecule has 15 heavy (non-hydrogen) atoms. The van der Waals surface area contributed by atoms with E-state index in [9.17, 15) is 4.79 Å². The topological polar surface area (TPSA) is 55.1 Å². The molecule has 0 fully saturated rings. The number of hydrogen-bond donors (Lipinski definition) is 2. The summed E-state index contributed by atoms with van der Waals surface area (Å²) >= 11 is 0. The Labute approximate surface area is 93.8 Å². The Morgan fingerprint density at radius 1 is 1.40 bits per heavy atom. The fourth-order valence-electron chi connectivity index (χ4n) is 1.10. The van der Waals surface area contributed by atoms with Crippen LogP contribution in [0.1, 0.15) is 41.0 Å². The molecule has 0 aliphatic heterocycles. The van der Waals surface area contributed by atoms with E-state index in [1.807, 2.05) is 13.8 Å². The summed E-state index contributed by atoms with van der Waals surface area (Å²) in [6, 6.07) is 0. The molecule has 90 valence electrons. The molecule has 0 aromatic carbocycles. The Balaban J connectivity index is 4.14. The predicted molar refractivity (Wildman–Crippen MR) is 64.5 cm³/mol. The van der Waals surface area contributed by atoms with Gasteiger partial charge < -0.3 is 11.1 Å². The van der Waals surface area contributed by atoms with Gasteiger partial charge in [-0.2, -0.15) is 0 Å². The van der Waals surface area contributed by atoms with Crippen molar-refractivity contribution in [3.8, 4) is 0 Å². The summed E-state index contributed by atoms with van der Waals surface area (Å²) in [7, 11) is 0. The molecule has 0 aromatic heterocycles. The lowest BCUT2D eigenvalue weighted by Gasteiger charge is -2.26. The van der Waals surface area contributed by atoms with E-state index < -0.39 is 5.41 Å². The van der Waals surface area contributed by atoms with Crippen LogP contribution < -0.4 is 11.1 Å². The summed E-state index contributed by atoms with van der Waals surface area (Å²) < 4.78 is 0. The van der Waals surface area contributed by atoms with Crippen LogP contribution in [-0.2, 0) is 4.79 Å². The Bertz CT molecular complexity index is 198. The van der Waals surface area contributed by atoms with Crippen molar-refractivity contribution in [1.82, 2.24) is 5.32 Å². The minimum Gasteiger partial charge on any atom is -0.355 e. The van der Waals surface area contributed by atoms with Crippen LogP contribution in [-0.4, -0.2) is 19.0 Å². The van der Waals surface area contributed by atoms with E-state index in [0.29, 0.717) is 18.4 Å². The molecule has 0 spiro atoms. The average Bonchev–Trinajstić information content (AvgIpc) is 2.23. The Hall–Kier alpha value is -0.570. The van der Waals surface area contributed by atoms with Crippen LogP contribution in [0.3, 0.4) is 0 Å². The highest BCUT2D eigenvalue weighted by molar-refractivity contribution is 5.82. The number of nitrogens with one attached hydrogen (secondary N) is 1. The van der Waals surface area contributed by atoms with E-state index >= 15 is 0 Å². The maximum absolute atomic E-state index is 11.9. The number of carbonyl (C=O) groups is 1. The van der Waals surface area contributed by atoms with Crippen LogP contribution >= 0.6 is 0 Å². The largest absolute Gasteiger partial charge is 0.355 e. The highest BCUT2D eigenvalue weighted by Crippen LogP contribution is 2.19. The van der Waals surface area contributed by atoms with Crippen LogP contribution in [0.4, 0.5) is 0 Å². The van der Waals surface area contributed by atoms with Crippen molar-refractivity contribution in [2.24, 2.45) is 23.0 Å². The van der Waals surface area contributed by atoms with Crippen LogP contribution in [0.5, 0.6) is 0 Å². The third kappa shape index (κ3) is 4.20. The van der Waals surface area contributed by atoms with E-state index in [2.05, 4.69) is 26.1 Å². The second-order valence-corrected chi connectivity index (χ2v) is 5.05. The highest BCUT2D eigenvalue weighted by atomic mass is 16.2. The number of nitrogens with two attached hydrogens (primary N) is 1. The van der Waals surface area contributed by atoms with E-state index in [1.165, 1.54) is 0 Å². The third-order valence-corrected chi connectivity index (χ3v) is 3.50. The first-order valence-corrected chi connectivity index (χ1v) is 5.85. The van der Waals surface area contributed by atoms with Crippen LogP contribution in [0.15, 0.2) is 0 Å². The maximum Gasteiger partial charge on any atom is 0.227 e. The lowest BCUT2D eigenvalue weighted by molar-refractivity contribution is -0.130. The predicted octanol–water partition coefficient (Wildman–Crippen LogP) is 1.77. The van der Waals surface area contributed by atoms with Crippen molar-refractivity contribution >= 4 is 5.91 Å². The van der Waals surface area contributed by atoms with E-state index in [4.69, 9.17) is 5.73 Å². The molecule has 0 rings (SSSR count). The van der Waals surface area contributed by atoms with E-state index in [1.54, 1.807) is 0 Å². The molecule has 0 aliphatic carbocycles. The van der Waals surface area contributed by atoms with Gasteiger partial charge in [0.25, 0.3) is 0 Å². The number of amides is 1. The van der Waals surface area contributed by atoms with Crippen LogP contribution in [0, 0.1) is 17.3 Å². The van der Waals surface area contributed by atoms with Gasteiger partial charge in [0.15, 0.2) is 0 Å². The van der Waals surface area contributed by atoms with Gasteiger partial charge in [-0.1, -0.05) is 27.7 Å². The first-order chi connectivity index (χ1) is 6.87. The molecule has 2 atom stereocenters. The number of carbonyl (C=O) groups excluding carboxylic acids is 1.